The molecule has 0 aliphatic rings. The minimum atomic E-state index is -0.681. The molecule has 0 unspecified atom stereocenters. The number of carbonyl (C=O) groups is 1. The first kappa shape index (κ1) is 15.0. The summed E-state index contributed by atoms with van der Waals surface area (Å²) in [6.45, 7) is 4.54. The van der Waals surface area contributed by atoms with E-state index in [1.54, 1.807) is 4.90 Å². The van der Waals surface area contributed by atoms with Crippen LogP contribution in [-0.2, 0) is 11.3 Å². The number of nitrogens with zero attached hydrogens (tertiary/aromatic N) is 2. The average Bonchev–Trinajstić information content (AvgIpc) is 2.45. The number of aromatic nitrogens is 2. The number of benzene rings is 1. The third-order valence-corrected chi connectivity index (χ3v) is 3.37. The molecule has 0 atom stereocenters. The summed E-state index contributed by atoms with van der Waals surface area (Å²) in [5.41, 5.74) is -1.11. The van der Waals surface area contributed by atoms with E-state index in [9.17, 15) is 18.8 Å². The fourth-order valence-corrected chi connectivity index (χ4v) is 2.24. The number of nitrogens with one attached hydrogen (secondary N) is 1. The molecule has 2 rings (SSSR count). The number of halogens is 1. The number of H-pyrrole nitrogens is 1. The van der Waals surface area contributed by atoms with E-state index in [2.05, 4.69) is 4.98 Å². The van der Waals surface area contributed by atoms with E-state index in [-0.39, 0.29) is 23.4 Å². The molecule has 1 heterocycles. The average molecular weight is 293 g/mol. The highest BCUT2D eigenvalue weighted by Gasteiger charge is 2.14. The van der Waals surface area contributed by atoms with Crippen molar-refractivity contribution in [1.29, 1.82) is 0 Å². The molecule has 1 amide bonds. The summed E-state index contributed by atoms with van der Waals surface area (Å²) in [5, 5.41) is 0.0435. The molecule has 1 aromatic carbocycles. The number of hydrogen-bond donors (Lipinski definition) is 1. The van der Waals surface area contributed by atoms with Crippen LogP contribution in [0.15, 0.2) is 27.8 Å². The van der Waals surface area contributed by atoms with Crippen LogP contribution in [0.3, 0.4) is 0 Å². The van der Waals surface area contributed by atoms with Gasteiger partial charge in [-0.25, -0.2) is 9.18 Å². The summed E-state index contributed by atoms with van der Waals surface area (Å²) >= 11 is 0. The van der Waals surface area contributed by atoms with Crippen LogP contribution in [-0.4, -0.2) is 33.4 Å². The minimum absolute atomic E-state index is 0.0435. The Balaban J connectivity index is 2.56. The van der Waals surface area contributed by atoms with Crippen LogP contribution in [0.1, 0.15) is 13.8 Å². The largest absolute Gasteiger partial charge is 0.342 e. The normalized spacial score (nSPS) is 10.8. The van der Waals surface area contributed by atoms with Gasteiger partial charge in [0.2, 0.25) is 5.91 Å². The number of rotatable bonds is 4. The summed E-state index contributed by atoms with van der Waals surface area (Å²) in [6, 6.07) is 3.53. The molecule has 7 heteroatoms. The first-order chi connectivity index (χ1) is 9.97. The van der Waals surface area contributed by atoms with E-state index in [0.717, 1.165) is 16.7 Å². The van der Waals surface area contributed by atoms with Crippen molar-refractivity contribution in [2.75, 3.05) is 13.1 Å². The fraction of sp³-hybridized carbons (Fsp3) is 0.357. The zero-order valence-electron chi connectivity index (χ0n) is 11.9. The highest BCUT2D eigenvalue weighted by atomic mass is 19.1. The molecule has 0 aliphatic carbocycles. The molecule has 0 spiro atoms. The van der Waals surface area contributed by atoms with Gasteiger partial charge in [0, 0.05) is 13.1 Å². The van der Waals surface area contributed by atoms with Crippen molar-refractivity contribution in [2.45, 2.75) is 20.4 Å². The van der Waals surface area contributed by atoms with Crippen LogP contribution < -0.4 is 11.2 Å². The van der Waals surface area contributed by atoms with Crippen LogP contribution in [0.25, 0.3) is 10.9 Å². The van der Waals surface area contributed by atoms with Crippen molar-refractivity contribution >= 4 is 16.8 Å². The first-order valence-corrected chi connectivity index (χ1v) is 6.68. The van der Waals surface area contributed by atoms with Gasteiger partial charge in [0.15, 0.2) is 0 Å². The van der Waals surface area contributed by atoms with Crippen LogP contribution >= 0.6 is 0 Å². The first-order valence-electron chi connectivity index (χ1n) is 6.68. The predicted octanol–water partition coefficient (Wildman–Crippen LogP) is 0.697. The molecule has 0 bridgehead atoms. The second-order valence-electron chi connectivity index (χ2n) is 4.57. The molecular weight excluding hydrogens is 277 g/mol. The molecule has 0 aliphatic heterocycles. The van der Waals surface area contributed by atoms with Gasteiger partial charge < -0.3 is 4.90 Å². The monoisotopic (exact) mass is 293 g/mol. The van der Waals surface area contributed by atoms with E-state index in [4.69, 9.17) is 0 Å². The van der Waals surface area contributed by atoms with Gasteiger partial charge in [0.25, 0.3) is 5.56 Å². The maximum absolute atomic E-state index is 13.2. The number of aromatic amines is 1. The van der Waals surface area contributed by atoms with Gasteiger partial charge in [-0.3, -0.25) is 19.1 Å². The Morgan fingerprint density at radius 2 is 1.95 bits per heavy atom. The fourth-order valence-electron chi connectivity index (χ4n) is 2.24. The number of fused-ring (bicyclic) bond motifs is 1. The quantitative estimate of drug-likeness (QED) is 0.901. The van der Waals surface area contributed by atoms with Gasteiger partial charge in [-0.1, -0.05) is 0 Å². The Hall–Kier alpha value is -2.44. The summed E-state index contributed by atoms with van der Waals surface area (Å²) in [4.78, 5) is 39.4. The SMILES string of the molecule is CCN(CC)C(=O)Cn1c(=O)[nH]c(=O)c2cc(F)ccc21. The molecule has 6 nitrogen and oxygen atoms in total. The van der Waals surface area contributed by atoms with Gasteiger partial charge >= 0.3 is 5.69 Å². The maximum Gasteiger partial charge on any atom is 0.329 e. The topological polar surface area (TPSA) is 75.2 Å². The van der Waals surface area contributed by atoms with E-state index in [0.29, 0.717) is 13.1 Å². The lowest BCUT2D eigenvalue weighted by atomic mass is 10.2. The van der Waals surface area contributed by atoms with E-state index in [1.807, 2.05) is 13.8 Å². The lowest BCUT2D eigenvalue weighted by molar-refractivity contribution is -0.131. The van der Waals surface area contributed by atoms with Gasteiger partial charge in [-0.15, -0.1) is 0 Å². The number of hydrogen-bond acceptors (Lipinski definition) is 3. The van der Waals surface area contributed by atoms with E-state index in [1.165, 1.54) is 6.07 Å². The molecule has 112 valence electrons. The summed E-state index contributed by atoms with van der Waals surface area (Å²) in [5.74, 6) is -0.812. The number of carbonyl (C=O) groups excluding carboxylic acids is 1. The standard InChI is InChI=1S/C14H16FN3O3/c1-3-17(4-2)12(19)8-18-11-6-5-9(15)7-10(11)13(20)16-14(18)21/h5-7H,3-4,8H2,1-2H3,(H,16,20,21). The Kier molecular flexibility index (Phi) is 4.21. The van der Waals surface area contributed by atoms with Crippen LogP contribution in [0.5, 0.6) is 0 Å². The highest BCUT2D eigenvalue weighted by Crippen LogP contribution is 2.10. The smallest absolute Gasteiger partial charge is 0.329 e. The third-order valence-electron chi connectivity index (χ3n) is 3.37. The van der Waals surface area contributed by atoms with Gasteiger partial charge in [0.1, 0.15) is 12.4 Å². The van der Waals surface area contributed by atoms with Crippen LogP contribution in [0, 0.1) is 5.82 Å². The summed E-state index contributed by atoms with van der Waals surface area (Å²) < 4.78 is 14.4. The van der Waals surface area contributed by atoms with Crippen molar-refractivity contribution in [3.8, 4) is 0 Å². The maximum atomic E-state index is 13.2. The molecule has 0 radical (unpaired) electrons. The Morgan fingerprint density at radius 1 is 1.29 bits per heavy atom. The van der Waals surface area contributed by atoms with Crippen molar-refractivity contribution in [3.63, 3.8) is 0 Å². The second-order valence-corrected chi connectivity index (χ2v) is 4.57. The molecule has 0 saturated carbocycles. The predicted molar refractivity (Wildman–Crippen MR) is 76.7 cm³/mol. The van der Waals surface area contributed by atoms with Crippen molar-refractivity contribution in [2.24, 2.45) is 0 Å². The van der Waals surface area contributed by atoms with Gasteiger partial charge in [-0.2, -0.15) is 0 Å². The lowest BCUT2D eigenvalue weighted by Crippen LogP contribution is -2.38. The second kappa shape index (κ2) is 5.90. The zero-order valence-corrected chi connectivity index (χ0v) is 11.9. The molecule has 1 aromatic heterocycles. The Labute approximate surface area is 119 Å². The van der Waals surface area contributed by atoms with Crippen molar-refractivity contribution < 1.29 is 9.18 Å². The van der Waals surface area contributed by atoms with Crippen molar-refractivity contribution in [1.82, 2.24) is 14.5 Å². The molecule has 0 saturated heterocycles. The molecule has 0 fully saturated rings. The molecule has 21 heavy (non-hydrogen) atoms. The summed E-state index contributed by atoms with van der Waals surface area (Å²) in [6.07, 6.45) is 0. The number of likely N-dealkylation sites (N-methyl/N-ethyl adjacent to an activating group) is 1. The van der Waals surface area contributed by atoms with Crippen LogP contribution in [0.4, 0.5) is 4.39 Å². The van der Waals surface area contributed by atoms with Crippen LogP contribution in [0.2, 0.25) is 0 Å². The molecule has 1 N–H and O–H groups in total. The highest BCUT2D eigenvalue weighted by molar-refractivity contribution is 5.81. The third kappa shape index (κ3) is 2.86. The molecule has 2 aromatic rings. The Bertz CT molecular complexity index is 790. The van der Waals surface area contributed by atoms with Gasteiger partial charge in [-0.05, 0) is 32.0 Å². The van der Waals surface area contributed by atoms with E-state index >= 15 is 0 Å². The minimum Gasteiger partial charge on any atom is -0.342 e. The lowest BCUT2D eigenvalue weighted by Gasteiger charge is -2.19. The zero-order chi connectivity index (χ0) is 15.6. The van der Waals surface area contributed by atoms with Crippen molar-refractivity contribution in [3.05, 3.63) is 44.9 Å². The molecular formula is C14H16FN3O3. The van der Waals surface area contributed by atoms with E-state index < -0.39 is 17.1 Å². The van der Waals surface area contributed by atoms with Gasteiger partial charge in [0.05, 0.1) is 10.9 Å². The Morgan fingerprint density at radius 3 is 2.57 bits per heavy atom. The number of amides is 1. The summed E-state index contributed by atoms with van der Waals surface area (Å²) in [7, 11) is 0.